The zero-order valence-corrected chi connectivity index (χ0v) is 7.64. The van der Waals surface area contributed by atoms with Crippen LogP contribution >= 0.6 is 15.9 Å². The quantitative estimate of drug-likeness (QED) is 0.737. The van der Waals surface area contributed by atoms with Crippen LogP contribution in [0.3, 0.4) is 0 Å². The van der Waals surface area contributed by atoms with Crippen LogP contribution in [-0.2, 0) is 0 Å². The summed E-state index contributed by atoms with van der Waals surface area (Å²) in [7, 11) is 0. The number of pyridine rings is 1. The summed E-state index contributed by atoms with van der Waals surface area (Å²) in [5.74, 6) is 0. The van der Waals surface area contributed by atoms with E-state index in [0.717, 1.165) is 10.2 Å². The van der Waals surface area contributed by atoms with Crippen LogP contribution < -0.4 is 0 Å². The molecule has 4 nitrogen and oxygen atoms in total. The molecule has 0 saturated heterocycles. The first-order valence-electron chi connectivity index (χ1n) is 3.34. The zero-order chi connectivity index (χ0) is 8.39. The fraction of sp³-hybridized carbons (Fsp3) is 0. The molecule has 0 fully saturated rings. The van der Waals surface area contributed by atoms with Gasteiger partial charge in [0.2, 0.25) is 0 Å². The average Bonchev–Trinajstić information content (AvgIpc) is 2.57. The van der Waals surface area contributed by atoms with Gasteiger partial charge in [-0.25, -0.2) is 4.68 Å². The van der Waals surface area contributed by atoms with Gasteiger partial charge in [-0.15, -0.1) is 5.10 Å². The summed E-state index contributed by atoms with van der Waals surface area (Å²) in [6, 6.07) is 1.86. The Hall–Kier alpha value is -1.23. The molecule has 0 amide bonds. The van der Waals surface area contributed by atoms with E-state index >= 15 is 0 Å². The molecule has 0 bridgehead atoms. The van der Waals surface area contributed by atoms with E-state index in [1.165, 1.54) is 0 Å². The molecule has 0 aliphatic rings. The summed E-state index contributed by atoms with van der Waals surface area (Å²) < 4.78 is 2.60. The van der Waals surface area contributed by atoms with Crippen molar-refractivity contribution in [2.24, 2.45) is 0 Å². The Balaban J connectivity index is 2.55. The summed E-state index contributed by atoms with van der Waals surface area (Å²) in [6.45, 7) is 0. The lowest BCUT2D eigenvalue weighted by Gasteiger charge is -2.00. The number of hydrogen-bond donors (Lipinski definition) is 0. The molecule has 2 aromatic rings. The molecule has 0 aliphatic heterocycles. The van der Waals surface area contributed by atoms with Gasteiger partial charge in [-0.05, 0) is 22.0 Å². The minimum absolute atomic E-state index is 0.884. The fourth-order valence-electron chi connectivity index (χ4n) is 0.874. The van der Waals surface area contributed by atoms with E-state index in [0.29, 0.717) is 0 Å². The lowest BCUT2D eigenvalue weighted by Crippen LogP contribution is -1.96. The van der Waals surface area contributed by atoms with Gasteiger partial charge in [-0.1, -0.05) is 5.21 Å². The summed E-state index contributed by atoms with van der Waals surface area (Å²) in [5.41, 5.74) is 0.884. The second-order valence-electron chi connectivity index (χ2n) is 2.17. The molecule has 5 heteroatoms. The summed E-state index contributed by atoms with van der Waals surface area (Å²) in [4.78, 5) is 3.98. The molecule has 0 spiro atoms. The van der Waals surface area contributed by atoms with Crippen molar-refractivity contribution < 1.29 is 0 Å². The molecule has 0 aliphatic carbocycles. The SMILES string of the molecule is Brc1ccncc1-n1ccnn1. The van der Waals surface area contributed by atoms with Crippen molar-refractivity contribution in [3.05, 3.63) is 35.3 Å². The first-order chi connectivity index (χ1) is 5.88. The van der Waals surface area contributed by atoms with Crippen LogP contribution in [0.4, 0.5) is 0 Å². The van der Waals surface area contributed by atoms with Crippen LogP contribution in [0.25, 0.3) is 5.69 Å². The van der Waals surface area contributed by atoms with E-state index in [1.807, 2.05) is 6.07 Å². The lowest BCUT2D eigenvalue weighted by molar-refractivity contribution is 0.796. The van der Waals surface area contributed by atoms with Gasteiger partial charge in [0.1, 0.15) is 0 Å². The Morgan fingerprint density at radius 1 is 1.33 bits per heavy atom. The van der Waals surface area contributed by atoms with Gasteiger partial charge in [0.15, 0.2) is 0 Å². The summed E-state index contributed by atoms with van der Waals surface area (Å²) >= 11 is 3.39. The van der Waals surface area contributed by atoms with Gasteiger partial charge in [-0.3, -0.25) is 4.98 Å². The van der Waals surface area contributed by atoms with Crippen molar-refractivity contribution >= 4 is 15.9 Å². The monoisotopic (exact) mass is 224 g/mol. The molecule has 60 valence electrons. The van der Waals surface area contributed by atoms with E-state index in [4.69, 9.17) is 0 Å². The molecule has 2 aromatic heterocycles. The first kappa shape index (κ1) is 7.42. The average molecular weight is 225 g/mol. The molecule has 2 heterocycles. The van der Waals surface area contributed by atoms with Gasteiger partial charge in [0.05, 0.1) is 24.3 Å². The smallest absolute Gasteiger partial charge is 0.0988 e. The van der Waals surface area contributed by atoms with Crippen LogP contribution in [-0.4, -0.2) is 20.0 Å². The molecular weight excluding hydrogens is 220 g/mol. The van der Waals surface area contributed by atoms with Gasteiger partial charge >= 0.3 is 0 Å². The molecule has 12 heavy (non-hydrogen) atoms. The first-order valence-corrected chi connectivity index (χ1v) is 4.13. The van der Waals surface area contributed by atoms with E-state index in [1.54, 1.807) is 29.5 Å². The van der Waals surface area contributed by atoms with Gasteiger partial charge < -0.3 is 0 Å². The highest BCUT2D eigenvalue weighted by molar-refractivity contribution is 9.10. The topological polar surface area (TPSA) is 43.6 Å². The van der Waals surface area contributed by atoms with Crippen LogP contribution in [0, 0.1) is 0 Å². The number of hydrogen-bond acceptors (Lipinski definition) is 3. The third-order valence-electron chi connectivity index (χ3n) is 1.42. The normalized spacial score (nSPS) is 10.1. The predicted octanol–water partition coefficient (Wildman–Crippen LogP) is 1.42. The van der Waals surface area contributed by atoms with Gasteiger partial charge in [-0.2, -0.15) is 0 Å². The predicted molar refractivity (Wildman–Crippen MR) is 46.9 cm³/mol. The summed E-state index contributed by atoms with van der Waals surface area (Å²) in [6.07, 6.45) is 6.82. The molecule has 0 N–H and O–H groups in total. The Morgan fingerprint density at radius 2 is 2.25 bits per heavy atom. The molecule has 0 unspecified atom stereocenters. The van der Waals surface area contributed by atoms with Crippen molar-refractivity contribution in [2.45, 2.75) is 0 Å². The van der Waals surface area contributed by atoms with Crippen molar-refractivity contribution in [3.8, 4) is 5.69 Å². The number of aromatic nitrogens is 4. The fourth-order valence-corrected chi connectivity index (χ4v) is 1.28. The largest absolute Gasteiger partial charge is 0.262 e. The minimum atomic E-state index is 0.884. The Labute approximate surface area is 77.4 Å². The molecule has 0 aromatic carbocycles. The summed E-state index contributed by atoms with van der Waals surface area (Å²) in [5, 5.41) is 7.55. The van der Waals surface area contributed by atoms with Crippen LogP contribution in [0.5, 0.6) is 0 Å². The maximum Gasteiger partial charge on any atom is 0.0988 e. The van der Waals surface area contributed by atoms with Gasteiger partial charge in [0, 0.05) is 10.7 Å². The molecule has 0 radical (unpaired) electrons. The molecular formula is C7H5BrN4. The van der Waals surface area contributed by atoms with Crippen LogP contribution in [0.1, 0.15) is 0 Å². The maximum atomic E-state index is 3.98. The van der Waals surface area contributed by atoms with Crippen molar-refractivity contribution in [2.75, 3.05) is 0 Å². The Kier molecular flexibility index (Phi) is 1.87. The standard InChI is InChI=1S/C7H5BrN4/c8-6-1-2-9-5-7(6)12-4-3-10-11-12/h1-5H. The maximum absolute atomic E-state index is 3.98. The van der Waals surface area contributed by atoms with E-state index in [9.17, 15) is 0 Å². The van der Waals surface area contributed by atoms with E-state index < -0.39 is 0 Å². The van der Waals surface area contributed by atoms with E-state index in [-0.39, 0.29) is 0 Å². The van der Waals surface area contributed by atoms with Crippen molar-refractivity contribution in [1.29, 1.82) is 0 Å². The number of nitrogens with zero attached hydrogens (tertiary/aromatic N) is 4. The van der Waals surface area contributed by atoms with Crippen LogP contribution in [0.2, 0.25) is 0 Å². The Bertz CT molecular complexity index is 371. The second kappa shape index (κ2) is 3.02. The number of halogens is 1. The van der Waals surface area contributed by atoms with E-state index in [2.05, 4.69) is 31.2 Å². The zero-order valence-electron chi connectivity index (χ0n) is 6.05. The van der Waals surface area contributed by atoms with Crippen molar-refractivity contribution in [1.82, 2.24) is 20.0 Å². The third-order valence-corrected chi connectivity index (χ3v) is 2.09. The highest BCUT2D eigenvalue weighted by Crippen LogP contribution is 2.17. The highest BCUT2D eigenvalue weighted by Gasteiger charge is 2.00. The van der Waals surface area contributed by atoms with Crippen LogP contribution in [0.15, 0.2) is 35.3 Å². The third kappa shape index (κ3) is 1.23. The molecule has 2 rings (SSSR count). The Morgan fingerprint density at radius 3 is 2.92 bits per heavy atom. The second-order valence-corrected chi connectivity index (χ2v) is 3.03. The molecule has 0 atom stereocenters. The highest BCUT2D eigenvalue weighted by atomic mass is 79.9. The minimum Gasteiger partial charge on any atom is -0.262 e. The number of rotatable bonds is 1. The lowest BCUT2D eigenvalue weighted by atomic mass is 10.4. The molecule has 0 saturated carbocycles. The van der Waals surface area contributed by atoms with Crippen molar-refractivity contribution in [3.63, 3.8) is 0 Å². The van der Waals surface area contributed by atoms with Gasteiger partial charge in [0.25, 0.3) is 0 Å².